The van der Waals surface area contributed by atoms with Gasteiger partial charge in [0.2, 0.25) is 11.3 Å². The van der Waals surface area contributed by atoms with E-state index in [9.17, 15) is 4.21 Å². The largest absolute Gasteiger partial charge is 0.489 e. The molecule has 2 aromatic carbocycles. The van der Waals surface area contributed by atoms with Crippen LogP contribution < -0.4 is 20.1 Å². The summed E-state index contributed by atoms with van der Waals surface area (Å²) in [7, 11) is 1.56. The summed E-state index contributed by atoms with van der Waals surface area (Å²) in [6, 6.07) is 11.4. The van der Waals surface area contributed by atoms with Crippen LogP contribution in [0.5, 0.6) is 5.75 Å². The van der Waals surface area contributed by atoms with Gasteiger partial charge in [-0.2, -0.15) is 0 Å². The molecular formula is C29H32F2N6O5S. The average molecular weight is 615 g/mol. The lowest BCUT2D eigenvalue weighted by Gasteiger charge is -2.29. The second-order valence-corrected chi connectivity index (χ2v) is 10.5. The first-order valence-electron chi connectivity index (χ1n) is 13.6. The van der Waals surface area contributed by atoms with E-state index in [1.807, 2.05) is 0 Å². The predicted molar refractivity (Wildman–Crippen MR) is 160 cm³/mol. The van der Waals surface area contributed by atoms with E-state index in [4.69, 9.17) is 34.5 Å². The molecular weight excluding hydrogens is 582 g/mol. The minimum Gasteiger partial charge on any atom is -0.489 e. The molecule has 2 aromatic heterocycles. The monoisotopic (exact) mass is 614 g/mol. The number of aromatic nitrogens is 3. The topological polar surface area (TPSA) is 145 Å². The number of nitrogens with one attached hydrogen (secondary N) is 1. The lowest BCUT2D eigenvalue weighted by molar-refractivity contribution is 0.122. The summed E-state index contributed by atoms with van der Waals surface area (Å²) in [5.74, 6) is 1.03. The zero-order chi connectivity index (χ0) is 30.3. The first kappa shape index (κ1) is 30.6. The summed E-state index contributed by atoms with van der Waals surface area (Å²) in [5, 5.41) is 0.621. The summed E-state index contributed by atoms with van der Waals surface area (Å²) < 4.78 is 69.8. The highest BCUT2D eigenvalue weighted by Crippen LogP contribution is 2.39. The van der Waals surface area contributed by atoms with Gasteiger partial charge in [0.15, 0.2) is 5.82 Å². The molecule has 1 fully saturated rings. The Labute approximate surface area is 249 Å². The lowest BCUT2D eigenvalue weighted by atomic mass is 9.97. The van der Waals surface area contributed by atoms with Crippen molar-refractivity contribution in [1.82, 2.24) is 19.7 Å². The number of rotatable bonds is 12. The number of morpholine rings is 1. The number of ether oxygens (including phenoxy) is 3. The molecule has 0 radical (unpaired) electrons. The summed E-state index contributed by atoms with van der Waals surface area (Å²) in [6.45, 7) is 2.59. The van der Waals surface area contributed by atoms with Gasteiger partial charge in [-0.3, -0.25) is 4.55 Å². The maximum atomic E-state index is 15.9. The number of methoxy groups -OCH3 is 1. The molecule has 4 aromatic rings. The maximum Gasteiger partial charge on any atom is 0.231 e. The summed E-state index contributed by atoms with van der Waals surface area (Å²) in [5.41, 5.74) is 7.42. The minimum absolute atomic E-state index is 0.104. The standard InChI is InChI=1S/C29H32F2N6O5S/c1-40-13-14-42-24-16-19(20-3-2-4-21(26(20)31)23(30)7-8-34-43(38)39)15-22-27(24)35-28(18-5-6-25(32)33-17-18)36-29(22)37-9-11-41-12-10-37/h2-6,15-17,23,34H,7-14H2,1H3,(H2,32,33)(H,38,39). The van der Waals surface area contributed by atoms with Gasteiger partial charge in [0.25, 0.3) is 0 Å². The van der Waals surface area contributed by atoms with Crippen LogP contribution in [0.15, 0.2) is 48.7 Å². The smallest absolute Gasteiger partial charge is 0.231 e. The number of fused-ring (bicyclic) bond motifs is 1. The van der Waals surface area contributed by atoms with Gasteiger partial charge in [0.1, 0.15) is 41.5 Å². The molecule has 4 N–H and O–H groups in total. The second-order valence-electron chi connectivity index (χ2n) is 9.76. The molecule has 3 heterocycles. The zero-order valence-electron chi connectivity index (χ0n) is 23.5. The van der Waals surface area contributed by atoms with Crippen LogP contribution in [0.2, 0.25) is 0 Å². The molecule has 0 saturated carbocycles. The lowest BCUT2D eigenvalue weighted by Crippen LogP contribution is -2.37. The quantitative estimate of drug-likeness (QED) is 0.158. The number of nitrogen functional groups attached to an aromatic ring is 1. The molecule has 5 rings (SSSR count). The van der Waals surface area contributed by atoms with Gasteiger partial charge in [-0.15, -0.1) is 0 Å². The van der Waals surface area contributed by atoms with Gasteiger partial charge in [-0.05, 0) is 36.2 Å². The van der Waals surface area contributed by atoms with Gasteiger partial charge in [0.05, 0.1) is 19.8 Å². The fourth-order valence-electron chi connectivity index (χ4n) is 4.81. The van der Waals surface area contributed by atoms with Crippen molar-refractivity contribution in [2.24, 2.45) is 0 Å². The Kier molecular flexibility index (Phi) is 10.0. The molecule has 0 spiro atoms. The van der Waals surface area contributed by atoms with Crippen molar-refractivity contribution >= 4 is 33.8 Å². The Bertz CT molecular complexity index is 1590. The van der Waals surface area contributed by atoms with Gasteiger partial charge in [0, 0.05) is 55.0 Å². The number of hydrogen-bond acceptors (Lipinski definition) is 9. The van der Waals surface area contributed by atoms with Crippen LogP contribution in [0.1, 0.15) is 18.2 Å². The highest BCUT2D eigenvalue weighted by atomic mass is 32.2. The van der Waals surface area contributed by atoms with Crippen molar-refractivity contribution in [3.63, 3.8) is 0 Å². The Morgan fingerprint density at radius 1 is 1.16 bits per heavy atom. The molecule has 0 aliphatic carbocycles. The minimum atomic E-state index is -2.28. The van der Waals surface area contributed by atoms with Crippen molar-refractivity contribution in [3.05, 3.63) is 60.0 Å². The number of halogens is 2. The fourth-order valence-corrected chi connectivity index (χ4v) is 5.10. The van der Waals surface area contributed by atoms with Crippen LogP contribution in [0, 0.1) is 5.82 Å². The third-order valence-electron chi connectivity index (χ3n) is 6.95. The third-order valence-corrected chi connectivity index (χ3v) is 7.40. The van der Waals surface area contributed by atoms with E-state index in [0.29, 0.717) is 78.1 Å². The number of hydrogen-bond donors (Lipinski definition) is 3. The van der Waals surface area contributed by atoms with Crippen LogP contribution in [0.3, 0.4) is 0 Å². The molecule has 0 bridgehead atoms. The predicted octanol–water partition coefficient (Wildman–Crippen LogP) is 4.07. The number of anilines is 2. The number of alkyl halides is 1. The zero-order valence-corrected chi connectivity index (χ0v) is 24.3. The van der Waals surface area contributed by atoms with Gasteiger partial charge in [-0.25, -0.2) is 32.7 Å². The van der Waals surface area contributed by atoms with Gasteiger partial charge in [-0.1, -0.05) is 18.2 Å². The molecule has 228 valence electrons. The van der Waals surface area contributed by atoms with Crippen LogP contribution in [-0.4, -0.2) is 76.9 Å². The molecule has 0 amide bonds. The average Bonchev–Trinajstić information content (AvgIpc) is 3.01. The Morgan fingerprint density at radius 3 is 2.70 bits per heavy atom. The van der Waals surface area contributed by atoms with E-state index < -0.39 is 23.3 Å². The fraction of sp³-hybridized carbons (Fsp3) is 0.345. The number of pyridine rings is 1. The Hall–Kier alpha value is -3.82. The maximum absolute atomic E-state index is 15.9. The van der Waals surface area contributed by atoms with E-state index in [2.05, 4.69) is 14.6 Å². The molecule has 2 atom stereocenters. The van der Waals surface area contributed by atoms with Crippen LogP contribution >= 0.6 is 0 Å². The summed E-state index contributed by atoms with van der Waals surface area (Å²) >= 11 is -2.28. The Balaban J connectivity index is 1.66. The second kappa shape index (κ2) is 14.1. The van der Waals surface area contributed by atoms with Gasteiger partial charge >= 0.3 is 0 Å². The van der Waals surface area contributed by atoms with E-state index >= 15 is 8.78 Å². The van der Waals surface area contributed by atoms with Crippen molar-refractivity contribution in [1.29, 1.82) is 0 Å². The van der Waals surface area contributed by atoms with E-state index in [1.54, 1.807) is 49.7 Å². The molecule has 1 aliphatic rings. The normalized spacial score (nSPS) is 15.0. The summed E-state index contributed by atoms with van der Waals surface area (Å²) in [6.07, 6.45) is -0.285. The van der Waals surface area contributed by atoms with Gasteiger partial charge < -0.3 is 24.8 Å². The van der Waals surface area contributed by atoms with Crippen molar-refractivity contribution in [3.8, 4) is 28.3 Å². The third kappa shape index (κ3) is 7.22. The van der Waals surface area contributed by atoms with Crippen molar-refractivity contribution < 1.29 is 31.8 Å². The summed E-state index contributed by atoms with van der Waals surface area (Å²) in [4.78, 5) is 16.0. The highest BCUT2D eigenvalue weighted by molar-refractivity contribution is 7.77. The number of nitrogens with zero attached hydrogens (tertiary/aromatic N) is 4. The molecule has 43 heavy (non-hydrogen) atoms. The number of nitrogens with two attached hydrogens (primary N) is 1. The first-order valence-corrected chi connectivity index (χ1v) is 14.8. The molecule has 1 saturated heterocycles. The van der Waals surface area contributed by atoms with E-state index in [0.717, 1.165) is 0 Å². The molecule has 11 nitrogen and oxygen atoms in total. The Morgan fingerprint density at radius 2 is 1.98 bits per heavy atom. The SMILES string of the molecule is COCCOc1cc(-c2cccc(C(F)CCNS(=O)O)c2F)cc2c(N3CCOCC3)nc(-c3ccc(N)nc3)nc12. The molecule has 1 aliphatic heterocycles. The van der Waals surface area contributed by atoms with Crippen molar-refractivity contribution in [2.75, 3.05) is 63.8 Å². The molecule has 14 heteroatoms. The van der Waals surface area contributed by atoms with Crippen LogP contribution in [0.25, 0.3) is 33.4 Å². The van der Waals surface area contributed by atoms with Crippen LogP contribution in [-0.2, 0) is 20.7 Å². The first-order chi connectivity index (χ1) is 20.9. The van der Waals surface area contributed by atoms with E-state index in [-0.39, 0.29) is 30.7 Å². The highest BCUT2D eigenvalue weighted by Gasteiger charge is 2.24. The van der Waals surface area contributed by atoms with Crippen LogP contribution in [0.4, 0.5) is 20.4 Å². The van der Waals surface area contributed by atoms with E-state index in [1.165, 1.54) is 6.07 Å². The van der Waals surface area contributed by atoms with Crippen molar-refractivity contribution in [2.45, 2.75) is 12.6 Å². The molecule has 2 unspecified atom stereocenters. The number of benzene rings is 2.